The van der Waals surface area contributed by atoms with Gasteiger partial charge in [0.25, 0.3) is 0 Å². The van der Waals surface area contributed by atoms with E-state index in [0.29, 0.717) is 12.2 Å². The molecule has 0 saturated heterocycles. The van der Waals surface area contributed by atoms with Crippen LogP contribution >= 0.6 is 0 Å². The lowest BCUT2D eigenvalue weighted by Gasteiger charge is -2.08. The molecule has 0 saturated carbocycles. The normalized spacial score (nSPS) is 9.95. The van der Waals surface area contributed by atoms with Gasteiger partial charge in [0, 0.05) is 12.7 Å². The molecule has 2 aromatic rings. The molecule has 0 radical (unpaired) electrons. The number of aryl methyl sites for hydroxylation is 1. The molecule has 2 amide bonds. The average Bonchev–Trinajstić information content (AvgIpc) is 2.52. The van der Waals surface area contributed by atoms with Gasteiger partial charge in [0.1, 0.15) is 0 Å². The van der Waals surface area contributed by atoms with Crippen LogP contribution in [-0.2, 0) is 22.7 Å². The monoisotopic (exact) mass is 283 g/mol. The van der Waals surface area contributed by atoms with Crippen LogP contribution in [0, 0.1) is 6.92 Å². The van der Waals surface area contributed by atoms with E-state index in [0.717, 1.165) is 11.1 Å². The Kier molecular flexibility index (Phi) is 5.04. The van der Waals surface area contributed by atoms with Gasteiger partial charge in [-0.15, -0.1) is 0 Å². The lowest BCUT2D eigenvalue weighted by atomic mass is 10.1. The highest BCUT2D eigenvalue weighted by Gasteiger charge is 2.12. The highest BCUT2D eigenvalue weighted by Crippen LogP contribution is 2.05. The molecule has 1 aromatic carbocycles. The minimum Gasteiger partial charge on any atom is -0.344 e. The summed E-state index contributed by atoms with van der Waals surface area (Å²) in [5.74, 6) is -1.30. The number of carbonyl (C=O) groups is 2. The van der Waals surface area contributed by atoms with Crippen molar-refractivity contribution in [1.29, 1.82) is 0 Å². The van der Waals surface area contributed by atoms with E-state index in [-0.39, 0.29) is 6.54 Å². The second-order valence-electron chi connectivity index (χ2n) is 4.61. The van der Waals surface area contributed by atoms with Gasteiger partial charge in [-0.05, 0) is 30.2 Å². The van der Waals surface area contributed by atoms with Gasteiger partial charge < -0.3 is 10.6 Å². The van der Waals surface area contributed by atoms with Gasteiger partial charge in [-0.2, -0.15) is 0 Å². The fraction of sp³-hybridized carbons (Fsp3) is 0.188. The van der Waals surface area contributed by atoms with E-state index in [1.807, 2.05) is 37.3 Å². The van der Waals surface area contributed by atoms with Crippen LogP contribution in [0.3, 0.4) is 0 Å². The summed E-state index contributed by atoms with van der Waals surface area (Å²) in [7, 11) is 0. The highest BCUT2D eigenvalue weighted by atomic mass is 16.2. The van der Waals surface area contributed by atoms with Gasteiger partial charge >= 0.3 is 11.8 Å². The molecule has 1 heterocycles. The van der Waals surface area contributed by atoms with Gasteiger partial charge in [-0.3, -0.25) is 14.6 Å². The first-order chi connectivity index (χ1) is 10.2. The van der Waals surface area contributed by atoms with E-state index in [1.54, 1.807) is 18.3 Å². The van der Waals surface area contributed by atoms with Crippen molar-refractivity contribution in [1.82, 2.24) is 15.6 Å². The van der Waals surface area contributed by atoms with Crippen molar-refractivity contribution in [2.45, 2.75) is 20.0 Å². The molecule has 21 heavy (non-hydrogen) atoms. The summed E-state index contributed by atoms with van der Waals surface area (Å²) >= 11 is 0. The van der Waals surface area contributed by atoms with Crippen molar-refractivity contribution in [3.05, 3.63) is 65.5 Å². The van der Waals surface area contributed by atoms with Crippen molar-refractivity contribution in [2.75, 3.05) is 0 Å². The summed E-state index contributed by atoms with van der Waals surface area (Å²) in [6.07, 6.45) is 1.64. The molecule has 1 aromatic heterocycles. The zero-order valence-corrected chi connectivity index (χ0v) is 11.8. The lowest BCUT2D eigenvalue weighted by molar-refractivity contribution is -0.139. The van der Waals surface area contributed by atoms with Gasteiger partial charge in [-0.25, -0.2) is 0 Å². The Hall–Kier alpha value is -2.69. The molecule has 2 N–H and O–H groups in total. The van der Waals surface area contributed by atoms with E-state index in [2.05, 4.69) is 15.6 Å². The quantitative estimate of drug-likeness (QED) is 0.831. The molecule has 0 unspecified atom stereocenters. The summed E-state index contributed by atoms with van der Waals surface area (Å²) in [5.41, 5.74) is 2.77. The molecule has 0 aliphatic rings. The fourth-order valence-electron chi connectivity index (χ4n) is 1.82. The number of hydrogen-bond acceptors (Lipinski definition) is 3. The topological polar surface area (TPSA) is 71.1 Å². The largest absolute Gasteiger partial charge is 0.344 e. The van der Waals surface area contributed by atoms with Crippen LogP contribution in [0.25, 0.3) is 0 Å². The summed E-state index contributed by atoms with van der Waals surface area (Å²) in [5, 5.41) is 5.14. The standard InChI is InChI=1S/C16H17N3O2/c1-12-6-2-3-7-13(12)10-18-15(20)16(21)19-11-14-8-4-5-9-17-14/h2-9H,10-11H2,1H3,(H,18,20)(H,19,21). The van der Waals surface area contributed by atoms with Crippen LogP contribution in [0.15, 0.2) is 48.7 Å². The molecule has 5 nitrogen and oxygen atoms in total. The van der Waals surface area contributed by atoms with Crippen molar-refractivity contribution >= 4 is 11.8 Å². The number of pyridine rings is 1. The Morgan fingerprint density at radius 1 is 0.952 bits per heavy atom. The molecule has 108 valence electrons. The molecule has 2 rings (SSSR count). The maximum Gasteiger partial charge on any atom is 0.309 e. The SMILES string of the molecule is Cc1ccccc1CNC(=O)C(=O)NCc1ccccn1. The van der Waals surface area contributed by atoms with E-state index in [1.165, 1.54) is 0 Å². The zero-order valence-electron chi connectivity index (χ0n) is 11.8. The van der Waals surface area contributed by atoms with Gasteiger partial charge in [0.05, 0.1) is 12.2 Å². The predicted molar refractivity (Wildman–Crippen MR) is 79.1 cm³/mol. The third-order valence-corrected chi connectivity index (χ3v) is 3.06. The number of rotatable bonds is 4. The summed E-state index contributed by atoms with van der Waals surface area (Å²) in [4.78, 5) is 27.4. The molecular formula is C16H17N3O2. The van der Waals surface area contributed by atoms with Crippen LogP contribution in [-0.4, -0.2) is 16.8 Å². The number of benzene rings is 1. The number of nitrogens with zero attached hydrogens (tertiary/aromatic N) is 1. The van der Waals surface area contributed by atoms with Crippen LogP contribution in [0.4, 0.5) is 0 Å². The summed E-state index contributed by atoms with van der Waals surface area (Å²) < 4.78 is 0. The number of carbonyl (C=O) groups excluding carboxylic acids is 2. The smallest absolute Gasteiger partial charge is 0.309 e. The second-order valence-corrected chi connectivity index (χ2v) is 4.61. The third-order valence-electron chi connectivity index (χ3n) is 3.06. The lowest BCUT2D eigenvalue weighted by Crippen LogP contribution is -2.39. The number of nitrogens with one attached hydrogen (secondary N) is 2. The molecule has 0 aliphatic carbocycles. The molecule has 0 atom stereocenters. The Morgan fingerprint density at radius 3 is 2.29 bits per heavy atom. The maximum atomic E-state index is 11.7. The minimum atomic E-state index is -0.658. The molecular weight excluding hydrogens is 266 g/mol. The van der Waals surface area contributed by atoms with Gasteiger partial charge in [0.15, 0.2) is 0 Å². The molecule has 0 bridgehead atoms. The van der Waals surface area contributed by atoms with E-state index < -0.39 is 11.8 Å². The first-order valence-electron chi connectivity index (χ1n) is 6.67. The van der Waals surface area contributed by atoms with Gasteiger partial charge in [0.2, 0.25) is 0 Å². The summed E-state index contributed by atoms with van der Waals surface area (Å²) in [6, 6.07) is 13.1. The Morgan fingerprint density at radius 2 is 1.62 bits per heavy atom. The Labute approximate surface area is 123 Å². The van der Waals surface area contributed by atoms with Crippen molar-refractivity contribution < 1.29 is 9.59 Å². The van der Waals surface area contributed by atoms with E-state index >= 15 is 0 Å². The predicted octanol–water partition coefficient (Wildman–Crippen LogP) is 1.32. The summed E-state index contributed by atoms with van der Waals surface area (Å²) in [6.45, 7) is 2.53. The third kappa shape index (κ3) is 4.42. The van der Waals surface area contributed by atoms with Crippen LogP contribution in [0.1, 0.15) is 16.8 Å². The number of amides is 2. The number of hydrogen-bond donors (Lipinski definition) is 2. The first kappa shape index (κ1) is 14.7. The van der Waals surface area contributed by atoms with E-state index in [9.17, 15) is 9.59 Å². The van der Waals surface area contributed by atoms with Gasteiger partial charge in [-0.1, -0.05) is 30.3 Å². The Bertz CT molecular complexity index is 626. The van der Waals surface area contributed by atoms with Crippen molar-refractivity contribution in [3.63, 3.8) is 0 Å². The Balaban J connectivity index is 1.80. The number of aromatic nitrogens is 1. The highest BCUT2D eigenvalue weighted by molar-refractivity contribution is 6.35. The molecule has 5 heteroatoms. The fourth-order valence-corrected chi connectivity index (χ4v) is 1.82. The zero-order chi connectivity index (χ0) is 15.1. The molecule has 0 spiro atoms. The van der Waals surface area contributed by atoms with Crippen LogP contribution in [0.2, 0.25) is 0 Å². The van der Waals surface area contributed by atoms with Crippen molar-refractivity contribution in [2.24, 2.45) is 0 Å². The van der Waals surface area contributed by atoms with Crippen LogP contribution in [0.5, 0.6) is 0 Å². The molecule has 0 fully saturated rings. The minimum absolute atomic E-state index is 0.234. The second kappa shape index (κ2) is 7.19. The van der Waals surface area contributed by atoms with Crippen molar-refractivity contribution in [3.8, 4) is 0 Å². The first-order valence-corrected chi connectivity index (χ1v) is 6.67. The molecule has 0 aliphatic heterocycles. The van der Waals surface area contributed by atoms with Crippen LogP contribution < -0.4 is 10.6 Å². The maximum absolute atomic E-state index is 11.7. The van der Waals surface area contributed by atoms with E-state index in [4.69, 9.17) is 0 Å². The average molecular weight is 283 g/mol.